The van der Waals surface area contributed by atoms with Gasteiger partial charge in [-0.15, -0.1) is 5.10 Å². The van der Waals surface area contributed by atoms with Gasteiger partial charge >= 0.3 is 0 Å². The largest absolute Gasteiger partial charge is 0.355 e. The van der Waals surface area contributed by atoms with E-state index in [0.717, 1.165) is 10.7 Å². The van der Waals surface area contributed by atoms with E-state index in [4.69, 9.17) is 0 Å². The van der Waals surface area contributed by atoms with Crippen molar-refractivity contribution in [3.05, 3.63) is 5.82 Å². The number of carbonyl (C=O) groups is 3. The van der Waals surface area contributed by atoms with Crippen molar-refractivity contribution in [1.82, 2.24) is 25.4 Å². The number of hydrogen-bond acceptors (Lipinski definition) is 6. The number of carbonyl (C=O) groups excluding carboxylic acids is 3. The van der Waals surface area contributed by atoms with Gasteiger partial charge in [0.25, 0.3) is 0 Å². The molecule has 0 bridgehead atoms. The zero-order valence-corrected chi connectivity index (χ0v) is 12.5. The molecule has 0 atom stereocenters. The second kappa shape index (κ2) is 7.21. The van der Waals surface area contributed by atoms with Gasteiger partial charge in [-0.1, -0.05) is 11.8 Å². The van der Waals surface area contributed by atoms with E-state index in [9.17, 15) is 14.4 Å². The highest BCUT2D eigenvalue weighted by molar-refractivity contribution is 7.99. The van der Waals surface area contributed by atoms with Crippen LogP contribution in [0, 0.1) is 6.92 Å². The minimum absolute atomic E-state index is 0.141. The van der Waals surface area contributed by atoms with Gasteiger partial charge in [-0.3, -0.25) is 24.4 Å². The van der Waals surface area contributed by atoms with E-state index >= 15 is 0 Å². The van der Waals surface area contributed by atoms with Crippen LogP contribution >= 0.6 is 11.8 Å². The molecule has 0 radical (unpaired) electrons. The maximum absolute atomic E-state index is 11.6. The molecule has 2 rings (SSSR count). The third kappa shape index (κ3) is 4.55. The zero-order chi connectivity index (χ0) is 15.2. The Morgan fingerprint density at radius 2 is 2.10 bits per heavy atom. The number of amides is 3. The molecule has 21 heavy (non-hydrogen) atoms. The summed E-state index contributed by atoms with van der Waals surface area (Å²) in [6.07, 6.45) is 0.655. The third-order valence-corrected chi connectivity index (χ3v) is 3.80. The van der Waals surface area contributed by atoms with Crippen molar-refractivity contribution in [2.75, 3.05) is 18.8 Å². The van der Waals surface area contributed by atoms with E-state index in [0.29, 0.717) is 17.5 Å². The van der Waals surface area contributed by atoms with Crippen molar-refractivity contribution in [2.24, 2.45) is 0 Å². The predicted octanol–water partition coefficient (Wildman–Crippen LogP) is -0.139. The van der Waals surface area contributed by atoms with Crippen LogP contribution in [-0.4, -0.2) is 56.6 Å². The van der Waals surface area contributed by atoms with E-state index in [1.165, 1.54) is 11.8 Å². The first-order valence-corrected chi connectivity index (χ1v) is 7.66. The van der Waals surface area contributed by atoms with Crippen molar-refractivity contribution in [3.8, 4) is 0 Å². The molecule has 1 fully saturated rings. The van der Waals surface area contributed by atoms with Crippen LogP contribution in [0.15, 0.2) is 5.16 Å². The maximum atomic E-state index is 11.6. The molecular formula is C12H17N5O3S. The Kier molecular flexibility index (Phi) is 5.32. The molecule has 2 N–H and O–H groups in total. The second-order valence-electron chi connectivity index (χ2n) is 4.59. The lowest BCUT2D eigenvalue weighted by molar-refractivity contribution is -0.138. The summed E-state index contributed by atoms with van der Waals surface area (Å²) in [6.45, 7) is 2.47. The molecule has 1 aromatic rings. The van der Waals surface area contributed by atoms with Crippen molar-refractivity contribution in [2.45, 2.75) is 31.3 Å². The van der Waals surface area contributed by atoms with Gasteiger partial charge in [-0.2, -0.15) is 0 Å². The molecule has 0 aromatic carbocycles. The number of imide groups is 1. The van der Waals surface area contributed by atoms with Crippen molar-refractivity contribution >= 4 is 29.5 Å². The molecule has 0 aliphatic carbocycles. The molecule has 0 saturated carbocycles. The summed E-state index contributed by atoms with van der Waals surface area (Å²) in [7, 11) is 0. The number of aromatic amines is 1. The maximum Gasteiger partial charge on any atom is 0.229 e. The lowest BCUT2D eigenvalue weighted by atomic mass is 10.3. The third-order valence-electron chi connectivity index (χ3n) is 2.95. The number of H-pyrrole nitrogens is 1. The van der Waals surface area contributed by atoms with Crippen LogP contribution in [0.1, 0.15) is 25.1 Å². The molecule has 9 heteroatoms. The standard InChI is InChI=1S/C12H17N5O3S/c1-8-14-12(16-15-8)21-7-5-13-9(18)4-6-17-10(19)2-3-11(17)20/h2-7H2,1H3,(H,13,18)(H,14,15,16). The van der Waals surface area contributed by atoms with Crippen LogP contribution in [0.2, 0.25) is 0 Å². The number of nitrogens with zero attached hydrogens (tertiary/aromatic N) is 3. The smallest absolute Gasteiger partial charge is 0.229 e. The first-order valence-electron chi connectivity index (χ1n) is 6.68. The van der Waals surface area contributed by atoms with Gasteiger partial charge in [0.05, 0.1) is 0 Å². The number of likely N-dealkylation sites (tertiary alicyclic amines) is 1. The average Bonchev–Trinajstić information content (AvgIpc) is 3.00. The van der Waals surface area contributed by atoms with Gasteiger partial charge < -0.3 is 5.32 Å². The Morgan fingerprint density at radius 1 is 1.38 bits per heavy atom. The molecule has 1 saturated heterocycles. The number of hydrogen-bond donors (Lipinski definition) is 2. The Hall–Kier alpha value is -1.90. The SMILES string of the molecule is Cc1nc(SCCNC(=O)CCN2C(=O)CCC2=O)n[nH]1. The van der Waals surface area contributed by atoms with Gasteiger partial charge in [0, 0.05) is 38.1 Å². The quantitative estimate of drug-likeness (QED) is 0.412. The summed E-state index contributed by atoms with van der Waals surface area (Å²) < 4.78 is 0. The fourth-order valence-corrected chi connectivity index (χ4v) is 2.59. The molecule has 0 spiro atoms. The van der Waals surface area contributed by atoms with Crippen LogP contribution in [0.4, 0.5) is 0 Å². The normalized spacial score (nSPS) is 14.8. The Balaban J connectivity index is 1.59. The number of thioether (sulfide) groups is 1. The minimum Gasteiger partial charge on any atom is -0.355 e. The average molecular weight is 311 g/mol. The lowest BCUT2D eigenvalue weighted by Gasteiger charge is -2.13. The summed E-state index contributed by atoms with van der Waals surface area (Å²) in [4.78, 5) is 39.7. The van der Waals surface area contributed by atoms with Gasteiger partial charge in [-0.25, -0.2) is 4.98 Å². The molecule has 3 amide bonds. The summed E-state index contributed by atoms with van der Waals surface area (Å²) in [5.41, 5.74) is 0. The van der Waals surface area contributed by atoms with Gasteiger partial charge in [-0.05, 0) is 6.92 Å². The number of aromatic nitrogens is 3. The molecular weight excluding hydrogens is 294 g/mol. The molecule has 0 unspecified atom stereocenters. The highest BCUT2D eigenvalue weighted by Gasteiger charge is 2.28. The minimum atomic E-state index is -0.191. The van der Waals surface area contributed by atoms with Gasteiger partial charge in [0.2, 0.25) is 22.9 Å². The van der Waals surface area contributed by atoms with Crippen LogP contribution in [0.25, 0.3) is 0 Å². The Labute approximate surface area is 126 Å². The van der Waals surface area contributed by atoms with Crippen LogP contribution in [0.5, 0.6) is 0 Å². The topological polar surface area (TPSA) is 108 Å². The highest BCUT2D eigenvalue weighted by Crippen LogP contribution is 2.12. The zero-order valence-electron chi connectivity index (χ0n) is 11.7. The number of nitrogens with one attached hydrogen (secondary N) is 2. The molecule has 114 valence electrons. The number of aryl methyl sites for hydroxylation is 1. The van der Waals surface area contributed by atoms with Crippen LogP contribution in [0.3, 0.4) is 0 Å². The monoisotopic (exact) mass is 311 g/mol. The van der Waals surface area contributed by atoms with Crippen molar-refractivity contribution in [3.63, 3.8) is 0 Å². The summed E-state index contributed by atoms with van der Waals surface area (Å²) >= 11 is 1.44. The first-order chi connectivity index (χ1) is 10.1. The van der Waals surface area contributed by atoms with E-state index in [1.54, 1.807) is 0 Å². The summed E-state index contributed by atoms with van der Waals surface area (Å²) in [5, 5.41) is 10.1. The van der Waals surface area contributed by atoms with E-state index in [1.807, 2.05) is 6.92 Å². The van der Waals surface area contributed by atoms with Crippen LogP contribution in [-0.2, 0) is 14.4 Å². The first kappa shape index (κ1) is 15.5. The van der Waals surface area contributed by atoms with Crippen LogP contribution < -0.4 is 5.32 Å². The van der Waals surface area contributed by atoms with Crippen molar-refractivity contribution in [1.29, 1.82) is 0 Å². The van der Waals surface area contributed by atoms with Crippen molar-refractivity contribution < 1.29 is 14.4 Å². The molecule has 1 aromatic heterocycles. The van der Waals surface area contributed by atoms with E-state index < -0.39 is 0 Å². The van der Waals surface area contributed by atoms with E-state index in [-0.39, 0.29) is 43.5 Å². The van der Waals surface area contributed by atoms with Gasteiger partial charge in [0.1, 0.15) is 5.82 Å². The molecule has 1 aliphatic heterocycles. The number of rotatable bonds is 7. The molecule has 2 heterocycles. The molecule has 1 aliphatic rings. The summed E-state index contributed by atoms with van der Waals surface area (Å²) in [5.74, 6) is 0.854. The Morgan fingerprint density at radius 3 is 2.71 bits per heavy atom. The second-order valence-corrected chi connectivity index (χ2v) is 5.65. The Bertz CT molecular complexity index is 529. The van der Waals surface area contributed by atoms with E-state index in [2.05, 4.69) is 20.5 Å². The van der Waals surface area contributed by atoms with Gasteiger partial charge in [0.15, 0.2) is 0 Å². The fraction of sp³-hybridized carbons (Fsp3) is 0.583. The molecule has 8 nitrogen and oxygen atoms in total. The highest BCUT2D eigenvalue weighted by atomic mass is 32.2. The predicted molar refractivity (Wildman–Crippen MR) is 75.4 cm³/mol. The fourth-order valence-electron chi connectivity index (χ4n) is 1.89. The lowest BCUT2D eigenvalue weighted by Crippen LogP contribution is -2.34. The summed E-state index contributed by atoms with van der Waals surface area (Å²) in [6, 6.07) is 0.